The van der Waals surface area contributed by atoms with Crippen LogP contribution in [-0.2, 0) is 4.79 Å². The lowest BCUT2D eigenvalue weighted by Crippen LogP contribution is -2.19. The Morgan fingerprint density at radius 1 is 1.15 bits per heavy atom. The molecule has 104 valence electrons. The summed E-state index contributed by atoms with van der Waals surface area (Å²) in [7, 11) is 0. The number of nitrogens with one attached hydrogen (secondary N) is 1. The van der Waals surface area contributed by atoms with Crippen molar-refractivity contribution < 1.29 is 4.79 Å². The van der Waals surface area contributed by atoms with Crippen molar-refractivity contribution in [1.82, 2.24) is 4.98 Å². The molecule has 2 aromatic rings. The van der Waals surface area contributed by atoms with Crippen LogP contribution in [0.5, 0.6) is 0 Å². The Balaban J connectivity index is 0.000000444. The van der Waals surface area contributed by atoms with Crippen LogP contribution in [0.15, 0.2) is 48.7 Å². The van der Waals surface area contributed by atoms with Gasteiger partial charge in [0.25, 0.3) is 0 Å². The molecular weight excluding hydrogens is 270 g/mol. The molecule has 1 heterocycles. The van der Waals surface area contributed by atoms with Crippen LogP contribution in [0.4, 0.5) is 5.82 Å². The molecule has 5 heteroatoms. The largest absolute Gasteiger partial charge is 0.376 e. The highest BCUT2D eigenvalue weighted by atomic mass is 32.1. The van der Waals surface area contributed by atoms with Crippen LogP contribution in [0.3, 0.4) is 0 Å². The van der Waals surface area contributed by atoms with Gasteiger partial charge >= 0.3 is 0 Å². The highest BCUT2D eigenvalue weighted by Crippen LogP contribution is 2.20. The first-order chi connectivity index (χ1) is 9.49. The number of hydrogen-bond donors (Lipinski definition) is 2. The lowest BCUT2D eigenvalue weighted by Gasteiger charge is -2.05. The molecule has 0 aliphatic carbocycles. The minimum atomic E-state index is 0.167. The van der Waals surface area contributed by atoms with E-state index >= 15 is 0 Å². The number of rotatable bonds is 2. The summed E-state index contributed by atoms with van der Waals surface area (Å²) >= 11 is 4.76. The molecule has 3 N–H and O–H groups in total. The van der Waals surface area contributed by atoms with E-state index in [0.29, 0.717) is 5.82 Å². The van der Waals surface area contributed by atoms with Gasteiger partial charge in [-0.25, -0.2) is 4.98 Å². The summed E-state index contributed by atoms with van der Waals surface area (Å²) in [6, 6.07) is 13.9. The lowest BCUT2D eigenvalue weighted by molar-refractivity contribution is -0.114. The molecule has 1 aromatic carbocycles. The highest BCUT2D eigenvalue weighted by molar-refractivity contribution is 7.80. The van der Waals surface area contributed by atoms with Gasteiger partial charge in [0.15, 0.2) is 5.11 Å². The predicted octanol–water partition coefficient (Wildman–Crippen LogP) is 3.00. The minimum Gasteiger partial charge on any atom is -0.376 e. The van der Waals surface area contributed by atoms with E-state index in [2.05, 4.69) is 10.3 Å². The van der Waals surface area contributed by atoms with E-state index in [1.54, 1.807) is 6.20 Å². The molecule has 0 saturated heterocycles. The minimum absolute atomic E-state index is 0.167. The number of nitrogens with zero attached hydrogens (tertiary/aromatic N) is 1. The van der Waals surface area contributed by atoms with E-state index in [0.717, 1.165) is 11.1 Å². The Labute approximate surface area is 124 Å². The molecule has 0 fully saturated rings. The third-order valence-electron chi connectivity index (χ3n) is 2.12. The molecule has 0 saturated carbocycles. The van der Waals surface area contributed by atoms with Crippen LogP contribution in [0, 0.1) is 0 Å². The summed E-state index contributed by atoms with van der Waals surface area (Å²) < 4.78 is 0. The highest BCUT2D eigenvalue weighted by Gasteiger charge is 1.99. The molecule has 4 nitrogen and oxygen atoms in total. The smallest absolute Gasteiger partial charge is 0.169 e. The number of carbonyl (C=O) groups is 1. The Morgan fingerprint density at radius 3 is 2.30 bits per heavy atom. The van der Waals surface area contributed by atoms with Crippen molar-refractivity contribution in [2.24, 2.45) is 5.73 Å². The van der Waals surface area contributed by atoms with E-state index in [1.807, 2.05) is 42.5 Å². The summed E-state index contributed by atoms with van der Waals surface area (Å²) in [6.07, 6.45) is 1.73. The van der Waals surface area contributed by atoms with E-state index < -0.39 is 0 Å². The van der Waals surface area contributed by atoms with Crippen LogP contribution >= 0.6 is 12.2 Å². The van der Waals surface area contributed by atoms with E-state index in [-0.39, 0.29) is 10.9 Å². The maximum atomic E-state index is 9.44. The fourth-order valence-electron chi connectivity index (χ4n) is 1.44. The van der Waals surface area contributed by atoms with Crippen LogP contribution in [0.2, 0.25) is 0 Å². The SMILES string of the molecule is CC(C)=O.NC(=S)Nc1cc(-c2ccccc2)ccn1. The number of nitrogens with two attached hydrogens (primary N) is 1. The summed E-state index contributed by atoms with van der Waals surface area (Å²) in [6.45, 7) is 3.06. The number of Topliss-reactive ketones (excluding diaryl/α,β-unsaturated/α-hetero) is 1. The third kappa shape index (κ3) is 6.06. The molecule has 0 aliphatic rings. The first-order valence-electron chi connectivity index (χ1n) is 6.04. The molecule has 0 spiro atoms. The van der Waals surface area contributed by atoms with Gasteiger partial charge in [-0.15, -0.1) is 0 Å². The van der Waals surface area contributed by atoms with E-state index in [9.17, 15) is 4.79 Å². The van der Waals surface area contributed by atoms with Crippen molar-refractivity contribution in [3.63, 3.8) is 0 Å². The maximum absolute atomic E-state index is 9.44. The van der Waals surface area contributed by atoms with Crippen molar-refractivity contribution in [2.45, 2.75) is 13.8 Å². The topological polar surface area (TPSA) is 68.0 Å². The van der Waals surface area contributed by atoms with Crippen LogP contribution in [-0.4, -0.2) is 15.9 Å². The lowest BCUT2D eigenvalue weighted by atomic mass is 10.1. The van der Waals surface area contributed by atoms with E-state index in [1.165, 1.54) is 13.8 Å². The average molecular weight is 287 g/mol. The fraction of sp³-hybridized carbons (Fsp3) is 0.133. The first kappa shape index (κ1) is 15.8. The van der Waals surface area contributed by atoms with Gasteiger partial charge < -0.3 is 15.8 Å². The third-order valence-corrected chi connectivity index (χ3v) is 2.22. The second kappa shape index (κ2) is 8.01. The Morgan fingerprint density at radius 2 is 1.75 bits per heavy atom. The summed E-state index contributed by atoms with van der Waals surface area (Å²) in [5, 5.41) is 3.03. The van der Waals surface area contributed by atoms with Crippen molar-refractivity contribution >= 4 is 28.9 Å². The monoisotopic (exact) mass is 287 g/mol. The van der Waals surface area contributed by atoms with E-state index in [4.69, 9.17) is 18.0 Å². The molecule has 0 amide bonds. The zero-order valence-corrected chi connectivity index (χ0v) is 12.3. The number of aromatic nitrogens is 1. The zero-order chi connectivity index (χ0) is 15.0. The first-order valence-corrected chi connectivity index (χ1v) is 6.45. The van der Waals surface area contributed by atoms with Gasteiger partial charge in [-0.2, -0.15) is 0 Å². The van der Waals surface area contributed by atoms with Crippen molar-refractivity contribution in [1.29, 1.82) is 0 Å². The van der Waals surface area contributed by atoms with Crippen molar-refractivity contribution in [2.75, 3.05) is 5.32 Å². The maximum Gasteiger partial charge on any atom is 0.169 e. The molecule has 0 radical (unpaired) electrons. The molecule has 1 aromatic heterocycles. The van der Waals surface area contributed by atoms with Crippen LogP contribution < -0.4 is 11.1 Å². The molecule has 0 bridgehead atoms. The molecule has 0 aliphatic heterocycles. The standard InChI is InChI=1S/C12H11N3S.C3H6O/c13-12(16)15-11-8-10(6-7-14-11)9-4-2-1-3-5-9;1-3(2)4/h1-8H,(H3,13,14,15,16);1-2H3. The number of anilines is 1. The average Bonchev–Trinajstić information content (AvgIpc) is 2.39. The predicted molar refractivity (Wildman–Crippen MR) is 86.4 cm³/mol. The van der Waals surface area contributed by atoms with Gasteiger partial charge in [-0.3, -0.25) is 0 Å². The molecule has 0 unspecified atom stereocenters. The van der Waals surface area contributed by atoms with Gasteiger partial charge in [-0.05, 0) is 49.3 Å². The summed E-state index contributed by atoms with van der Waals surface area (Å²) in [4.78, 5) is 13.6. The second-order valence-electron chi connectivity index (χ2n) is 4.19. The fourth-order valence-corrected chi connectivity index (χ4v) is 1.54. The summed E-state index contributed by atoms with van der Waals surface area (Å²) in [5.74, 6) is 0.828. The number of benzene rings is 1. The Hall–Kier alpha value is -2.27. The second-order valence-corrected chi connectivity index (χ2v) is 4.63. The summed E-state index contributed by atoms with van der Waals surface area (Å²) in [5.41, 5.74) is 7.61. The number of carbonyl (C=O) groups excluding carboxylic acids is 1. The Kier molecular flexibility index (Phi) is 6.32. The molecule has 20 heavy (non-hydrogen) atoms. The van der Waals surface area contributed by atoms with Crippen molar-refractivity contribution in [3.8, 4) is 11.1 Å². The van der Waals surface area contributed by atoms with Crippen LogP contribution in [0.1, 0.15) is 13.8 Å². The number of pyridine rings is 1. The number of ketones is 1. The Bertz CT molecular complexity index is 581. The van der Waals surface area contributed by atoms with Gasteiger partial charge in [-0.1, -0.05) is 30.3 Å². The molecule has 0 atom stereocenters. The zero-order valence-electron chi connectivity index (χ0n) is 11.5. The van der Waals surface area contributed by atoms with Gasteiger partial charge in [0.1, 0.15) is 11.6 Å². The van der Waals surface area contributed by atoms with Gasteiger partial charge in [0, 0.05) is 6.20 Å². The quantitative estimate of drug-likeness (QED) is 0.831. The normalized spacial score (nSPS) is 9.10. The number of hydrogen-bond acceptors (Lipinski definition) is 3. The van der Waals surface area contributed by atoms with Crippen molar-refractivity contribution in [3.05, 3.63) is 48.7 Å². The van der Waals surface area contributed by atoms with Gasteiger partial charge in [0.05, 0.1) is 0 Å². The molecule has 2 rings (SSSR count). The van der Waals surface area contributed by atoms with Gasteiger partial charge in [0.2, 0.25) is 0 Å². The van der Waals surface area contributed by atoms with Crippen LogP contribution in [0.25, 0.3) is 11.1 Å². The number of thiocarbonyl (C=S) groups is 1. The molecular formula is C15H17N3OS.